The molecule has 1 N–H and O–H groups in total. The standard InChI is InChI=1S/C14H28O/c1-11(10-14(2,3)4)9-13(15)12-7-5-6-8-12/h11-13,15H,5-10H2,1-4H3. The molecular weight excluding hydrogens is 184 g/mol. The summed E-state index contributed by atoms with van der Waals surface area (Å²) in [5.74, 6) is 1.26. The van der Waals surface area contributed by atoms with Crippen molar-refractivity contribution in [3.05, 3.63) is 0 Å². The van der Waals surface area contributed by atoms with E-state index < -0.39 is 0 Å². The van der Waals surface area contributed by atoms with Gasteiger partial charge in [0.2, 0.25) is 0 Å². The first kappa shape index (κ1) is 13.0. The van der Waals surface area contributed by atoms with Crippen LogP contribution >= 0.6 is 0 Å². The first-order valence-corrected chi connectivity index (χ1v) is 6.56. The van der Waals surface area contributed by atoms with Gasteiger partial charge in [-0.05, 0) is 42.9 Å². The molecule has 90 valence electrons. The Bertz CT molecular complexity index is 174. The molecule has 0 aliphatic heterocycles. The van der Waals surface area contributed by atoms with Gasteiger partial charge in [-0.15, -0.1) is 0 Å². The molecule has 0 heterocycles. The summed E-state index contributed by atoms with van der Waals surface area (Å²) in [6.07, 6.45) is 7.35. The molecule has 1 heteroatoms. The van der Waals surface area contributed by atoms with Crippen LogP contribution in [0.3, 0.4) is 0 Å². The van der Waals surface area contributed by atoms with Gasteiger partial charge < -0.3 is 5.11 Å². The maximum Gasteiger partial charge on any atom is 0.0570 e. The summed E-state index contributed by atoms with van der Waals surface area (Å²) >= 11 is 0. The Kier molecular flexibility index (Phi) is 4.64. The van der Waals surface area contributed by atoms with Crippen LogP contribution in [-0.4, -0.2) is 11.2 Å². The lowest BCUT2D eigenvalue weighted by atomic mass is 9.81. The van der Waals surface area contributed by atoms with E-state index in [2.05, 4.69) is 27.7 Å². The van der Waals surface area contributed by atoms with Crippen LogP contribution < -0.4 is 0 Å². The summed E-state index contributed by atoms with van der Waals surface area (Å²) < 4.78 is 0. The lowest BCUT2D eigenvalue weighted by Gasteiger charge is -2.26. The Labute approximate surface area is 95.3 Å². The minimum Gasteiger partial charge on any atom is -0.393 e. The number of rotatable bonds is 4. The molecule has 15 heavy (non-hydrogen) atoms. The van der Waals surface area contributed by atoms with E-state index in [9.17, 15) is 5.11 Å². The van der Waals surface area contributed by atoms with Gasteiger partial charge in [0.15, 0.2) is 0 Å². The van der Waals surface area contributed by atoms with Crippen LogP contribution in [-0.2, 0) is 0 Å². The minimum absolute atomic E-state index is 0.0372. The highest BCUT2D eigenvalue weighted by Gasteiger charge is 2.25. The van der Waals surface area contributed by atoms with Crippen LogP contribution in [0.5, 0.6) is 0 Å². The zero-order valence-corrected chi connectivity index (χ0v) is 10.9. The Morgan fingerprint density at radius 3 is 2.20 bits per heavy atom. The molecule has 0 saturated heterocycles. The molecular formula is C14H28O. The molecule has 0 aromatic rings. The van der Waals surface area contributed by atoms with E-state index in [1.807, 2.05) is 0 Å². The maximum absolute atomic E-state index is 10.1. The van der Waals surface area contributed by atoms with Gasteiger partial charge in [-0.1, -0.05) is 40.5 Å². The van der Waals surface area contributed by atoms with Crippen molar-refractivity contribution in [1.29, 1.82) is 0 Å². The molecule has 1 aliphatic rings. The predicted octanol–water partition coefficient (Wildman–Crippen LogP) is 4.00. The normalized spacial score (nSPS) is 23.0. The first-order chi connectivity index (χ1) is 6.88. The molecule has 0 aromatic heterocycles. The van der Waals surface area contributed by atoms with Crippen LogP contribution in [0, 0.1) is 17.3 Å². The van der Waals surface area contributed by atoms with Gasteiger partial charge in [0, 0.05) is 0 Å². The fraction of sp³-hybridized carbons (Fsp3) is 1.00. The van der Waals surface area contributed by atoms with Crippen molar-refractivity contribution in [3.63, 3.8) is 0 Å². The van der Waals surface area contributed by atoms with Crippen molar-refractivity contribution in [2.45, 2.75) is 72.3 Å². The van der Waals surface area contributed by atoms with E-state index >= 15 is 0 Å². The second kappa shape index (κ2) is 5.34. The summed E-state index contributed by atoms with van der Waals surface area (Å²) in [4.78, 5) is 0. The van der Waals surface area contributed by atoms with Crippen LogP contribution in [0.25, 0.3) is 0 Å². The van der Waals surface area contributed by atoms with E-state index in [4.69, 9.17) is 0 Å². The van der Waals surface area contributed by atoms with Gasteiger partial charge in [0.05, 0.1) is 6.10 Å². The third-order valence-electron chi connectivity index (χ3n) is 3.55. The number of hydrogen-bond acceptors (Lipinski definition) is 1. The lowest BCUT2D eigenvalue weighted by molar-refractivity contribution is 0.0792. The van der Waals surface area contributed by atoms with Crippen molar-refractivity contribution in [2.24, 2.45) is 17.3 Å². The first-order valence-electron chi connectivity index (χ1n) is 6.56. The van der Waals surface area contributed by atoms with Crippen molar-refractivity contribution in [3.8, 4) is 0 Å². The van der Waals surface area contributed by atoms with Gasteiger partial charge >= 0.3 is 0 Å². The second-order valence-corrected chi connectivity index (χ2v) is 6.72. The number of hydrogen-bond donors (Lipinski definition) is 1. The second-order valence-electron chi connectivity index (χ2n) is 6.72. The topological polar surface area (TPSA) is 20.2 Å². The molecule has 1 nitrogen and oxygen atoms in total. The van der Waals surface area contributed by atoms with Gasteiger partial charge in [-0.3, -0.25) is 0 Å². The fourth-order valence-corrected chi connectivity index (χ4v) is 3.08. The van der Waals surface area contributed by atoms with Crippen LogP contribution in [0.4, 0.5) is 0 Å². The van der Waals surface area contributed by atoms with Crippen LogP contribution in [0.15, 0.2) is 0 Å². The molecule has 2 unspecified atom stereocenters. The predicted molar refractivity (Wildman–Crippen MR) is 65.8 cm³/mol. The zero-order valence-electron chi connectivity index (χ0n) is 10.9. The van der Waals surface area contributed by atoms with E-state index in [0.29, 0.717) is 17.3 Å². The van der Waals surface area contributed by atoms with Crippen molar-refractivity contribution < 1.29 is 5.11 Å². The highest BCUT2D eigenvalue weighted by atomic mass is 16.3. The smallest absolute Gasteiger partial charge is 0.0570 e. The average molecular weight is 212 g/mol. The minimum atomic E-state index is -0.0372. The molecule has 0 amide bonds. The average Bonchev–Trinajstić information content (AvgIpc) is 2.50. The zero-order chi connectivity index (χ0) is 11.5. The molecule has 0 aromatic carbocycles. The molecule has 1 fully saturated rings. The molecule has 0 bridgehead atoms. The third-order valence-corrected chi connectivity index (χ3v) is 3.55. The van der Waals surface area contributed by atoms with Crippen molar-refractivity contribution in [2.75, 3.05) is 0 Å². The largest absolute Gasteiger partial charge is 0.393 e. The monoisotopic (exact) mass is 212 g/mol. The van der Waals surface area contributed by atoms with Crippen LogP contribution in [0.2, 0.25) is 0 Å². The van der Waals surface area contributed by atoms with Gasteiger partial charge in [0.1, 0.15) is 0 Å². The Hall–Kier alpha value is -0.0400. The summed E-state index contributed by atoms with van der Waals surface area (Å²) in [6.45, 7) is 9.13. The molecule has 1 aliphatic carbocycles. The van der Waals surface area contributed by atoms with Gasteiger partial charge in [-0.2, -0.15) is 0 Å². The van der Waals surface area contributed by atoms with E-state index in [1.54, 1.807) is 0 Å². The third kappa shape index (κ3) is 5.01. The molecule has 0 radical (unpaired) electrons. The quantitative estimate of drug-likeness (QED) is 0.747. The highest BCUT2D eigenvalue weighted by molar-refractivity contribution is 4.77. The van der Waals surface area contributed by atoms with Gasteiger partial charge in [0.25, 0.3) is 0 Å². The number of aliphatic hydroxyl groups excluding tert-OH is 1. The lowest BCUT2D eigenvalue weighted by Crippen LogP contribution is -2.22. The Morgan fingerprint density at radius 2 is 1.73 bits per heavy atom. The fourth-order valence-electron chi connectivity index (χ4n) is 3.08. The van der Waals surface area contributed by atoms with Crippen molar-refractivity contribution >= 4 is 0 Å². The molecule has 1 saturated carbocycles. The highest BCUT2D eigenvalue weighted by Crippen LogP contribution is 2.33. The van der Waals surface area contributed by atoms with E-state index in [1.165, 1.54) is 32.1 Å². The maximum atomic E-state index is 10.1. The SMILES string of the molecule is CC(CC(O)C1CCCC1)CC(C)(C)C. The number of aliphatic hydroxyl groups is 1. The molecule has 0 spiro atoms. The summed E-state index contributed by atoms with van der Waals surface area (Å²) in [7, 11) is 0. The summed E-state index contributed by atoms with van der Waals surface area (Å²) in [5.41, 5.74) is 0.398. The van der Waals surface area contributed by atoms with Gasteiger partial charge in [-0.25, -0.2) is 0 Å². The molecule has 2 atom stereocenters. The van der Waals surface area contributed by atoms with E-state index in [-0.39, 0.29) is 6.10 Å². The Morgan fingerprint density at radius 1 is 1.20 bits per heavy atom. The molecule has 1 rings (SSSR count). The van der Waals surface area contributed by atoms with E-state index in [0.717, 1.165) is 6.42 Å². The van der Waals surface area contributed by atoms with Crippen LogP contribution in [0.1, 0.15) is 66.2 Å². The Balaban J connectivity index is 2.27. The summed E-state index contributed by atoms with van der Waals surface area (Å²) in [5, 5.41) is 10.1. The van der Waals surface area contributed by atoms with Crippen molar-refractivity contribution in [1.82, 2.24) is 0 Å². The summed E-state index contributed by atoms with van der Waals surface area (Å²) in [6, 6.07) is 0.